The third-order valence-corrected chi connectivity index (χ3v) is 8.00. The van der Waals surface area contributed by atoms with Crippen molar-refractivity contribution in [2.45, 2.75) is 57.8 Å². The zero-order chi connectivity index (χ0) is 28.8. The van der Waals surface area contributed by atoms with Gasteiger partial charge in [0.2, 0.25) is 5.85 Å². The second kappa shape index (κ2) is 12.9. The van der Waals surface area contributed by atoms with Crippen LogP contribution in [0.25, 0.3) is 0 Å². The molecule has 13 heteroatoms. The van der Waals surface area contributed by atoms with Crippen LogP contribution in [0.5, 0.6) is 0 Å². The zero-order valence-electron chi connectivity index (χ0n) is 22.3. The minimum atomic E-state index is -4.06. The number of H-pyrrole nitrogens is 1. The van der Waals surface area contributed by atoms with E-state index in [0.29, 0.717) is 12.2 Å². The van der Waals surface area contributed by atoms with Crippen molar-refractivity contribution in [2.75, 3.05) is 12.9 Å². The van der Waals surface area contributed by atoms with Crippen molar-refractivity contribution in [1.82, 2.24) is 14.9 Å². The van der Waals surface area contributed by atoms with E-state index in [2.05, 4.69) is 10.3 Å². The van der Waals surface area contributed by atoms with Gasteiger partial charge in [-0.15, -0.1) is 0 Å². The molecule has 1 aliphatic carbocycles. The van der Waals surface area contributed by atoms with Gasteiger partial charge in [0.25, 0.3) is 5.56 Å². The van der Waals surface area contributed by atoms with Gasteiger partial charge in [0, 0.05) is 24.6 Å². The molecule has 2 aromatic rings. The molecule has 5 atom stereocenters. The predicted molar refractivity (Wildman–Crippen MR) is 144 cm³/mol. The van der Waals surface area contributed by atoms with E-state index in [9.17, 15) is 18.9 Å². The van der Waals surface area contributed by atoms with E-state index in [-0.39, 0.29) is 13.0 Å². The summed E-state index contributed by atoms with van der Waals surface area (Å²) >= 11 is 0. The van der Waals surface area contributed by atoms with Gasteiger partial charge < -0.3 is 14.0 Å². The normalized spacial score (nSPS) is 24.6. The van der Waals surface area contributed by atoms with Crippen molar-refractivity contribution in [3.63, 3.8) is 0 Å². The lowest BCUT2D eigenvalue weighted by atomic mass is 10.1. The maximum Gasteiger partial charge on any atom is 0.393 e. The highest BCUT2D eigenvalue weighted by Crippen LogP contribution is 2.52. The number of nitrogens with one attached hydrogen (secondary N) is 2. The van der Waals surface area contributed by atoms with Crippen molar-refractivity contribution < 1.29 is 32.3 Å². The van der Waals surface area contributed by atoms with Crippen molar-refractivity contribution in [3.05, 3.63) is 93.0 Å². The number of carbonyl (C=O) groups excluding carboxylic acids is 1. The number of rotatable bonds is 12. The third-order valence-electron chi connectivity index (χ3n) is 6.42. The SMILES string of the molecule is CC(NCP(=O)(OCC1(F)CC(C)C(n2ccc(=O)[nH]c2=O)O1)OC1=CCCC=C1)C(=O)OCc1ccccc1. The quantitative estimate of drug-likeness (QED) is 0.284. The van der Waals surface area contributed by atoms with Gasteiger partial charge in [-0.1, -0.05) is 43.3 Å². The van der Waals surface area contributed by atoms with E-state index in [1.54, 1.807) is 26.0 Å². The molecule has 1 aromatic heterocycles. The number of hydrogen-bond donors (Lipinski definition) is 2. The van der Waals surface area contributed by atoms with Gasteiger partial charge in [-0.3, -0.25) is 29.0 Å². The number of aromatic amines is 1. The summed E-state index contributed by atoms with van der Waals surface area (Å²) in [6.07, 6.45) is 6.35. The van der Waals surface area contributed by atoms with Crippen molar-refractivity contribution >= 4 is 13.6 Å². The fraction of sp³-hybridized carbons (Fsp3) is 0.444. The summed E-state index contributed by atoms with van der Waals surface area (Å²) in [4.78, 5) is 38.2. The zero-order valence-corrected chi connectivity index (χ0v) is 23.2. The molecule has 216 valence electrons. The van der Waals surface area contributed by atoms with E-state index in [1.807, 2.05) is 36.4 Å². The molecule has 2 N–H and O–H groups in total. The van der Waals surface area contributed by atoms with Crippen LogP contribution < -0.4 is 16.6 Å². The molecule has 11 nitrogen and oxygen atoms in total. The average Bonchev–Trinajstić information content (AvgIpc) is 3.24. The molecule has 4 rings (SSSR count). The molecule has 0 bridgehead atoms. The number of carbonyl (C=O) groups is 1. The summed E-state index contributed by atoms with van der Waals surface area (Å²) in [5, 5.41) is 2.81. The monoisotopic (exact) mass is 577 g/mol. The maximum atomic E-state index is 15.8. The Morgan fingerprint density at radius 3 is 2.75 bits per heavy atom. The first-order chi connectivity index (χ1) is 19.1. The molecule has 0 amide bonds. The Labute approximate surface area is 230 Å². The number of halogens is 1. The first kappa shape index (κ1) is 29.7. The molecular formula is C27H33FN3O8P. The number of alkyl halides is 1. The minimum Gasteiger partial charge on any atom is -0.460 e. The summed E-state index contributed by atoms with van der Waals surface area (Å²) in [5.41, 5.74) is -0.508. The topological polar surface area (TPSA) is 138 Å². The highest BCUT2D eigenvalue weighted by atomic mass is 31.2. The van der Waals surface area contributed by atoms with E-state index in [0.717, 1.165) is 22.6 Å². The molecule has 1 aliphatic heterocycles. The largest absolute Gasteiger partial charge is 0.460 e. The number of benzene rings is 1. The molecule has 5 unspecified atom stereocenters. The number of nitrogens with zero attached hydrogens (tertiary/aromatic N) is 1. The van der Waals surface area contributed by atoms with Crippen LogP contribution in [-0.2, 0) is 34.5 Å². The smallest absolute Gasteiger partial charge is 0.393 e. The second-order valence-corrected chi connectivity index (χ2v) is 11.8. The second-order valence-electron chi connectivity index (χ2n) is 9.83. The number of hydrogen-bond acceptors (Lipinski definition) is 9. The van der Waals surface area contributed by atoms with Gasteiger partial charge in [0.15, 0.2) is 0 Å². The molecule has 0 saturated carbocycles. The van der Waals surface area contributed by atoms with Gasteiger partial charge in [-0.2, -0.15) is 0 Å². The Morgan fingerprint density at radius 2 is 2.05 bits per heavy atom. The number of aromatic nitrogens is 2. The van der Waals surface area contributed by atoms with Gasteiger partial charge >= 0.3 is 19.3 Å². The number of ether oxygens (including phenoxy) is 2. The fourth-order valence-electron chi connectivity index (χ4n) is 4.32. The first-order valence-corrected chi connectivity index (χ1v) is 14.7. The molecule has 2 heterocycles. The van der Waals surface area contributed by atoms with Crippen molar-refractivity contribution in [3.8, 4) is 0 Å². The molecule has 40 heavy (non-hydrogen) atoms. The third kappa shape index (κ3) is 7.88. The Balaban J connectivity index is 1.40. The van der Waals surface area contributed by atoms with E-state index < -0.39 is 61.7 Å². The van der Waals surface area contributed by atoms with Crippen molar-refractivity contribution in [1.29, 1.82) is 0 Å². The van der Waals surface area contributed by atoms with Crippen LogP contribution in [0.15, 0.2) is 76.2 Å². The highest BCUT2D eigenvalue weighted by Gasteiger charge is 2.48. The molecule has 1 fully saturated rings. The van der Waals surface area contributed by atoms with Crippen LogP contribution in [0.1, 0.15) is 44.9 Å². The molecule has 0 spiro atoms. The summed E-state index contributed by atoms with van der Waals surface area (Å²) in [5.74, 6) is -3.13. The van der Waals surface area contributed by atoms with E-state index >= 15 is 4.39 Å². The average molecular weight is 578 g/mol. The van der Waals surface area contributed by atoms with Crippen LogP contribution in [0.2, 0.25) is 0 Å². The lowest BCUT2D eigenvalue weighted by Gasteiger charge is -2.26. The molecule has 2 aliphatic rings. The maximum absolute atomic E-state index is 15.8. The molecular weight excluding hydrogens is 544 g/mol. The van der Waals surface area contributed by atoms with Gasteiger partial charge in [0.05, 0.1) is 0 Å². The molecule has 1 aromatic carbocycles. The van der Waals surface area contributed by atoms with Crippen LogP contribution in [0.3, 0.4) is 0 Å². The first-order valence-electron chi connectivity index (χ1n) is 13.0. The number of allylic oxidation sites excluding steroid dienone is 3. The summed E-state index contributed by atoms with van der Waals surface area (Å²) in [6, 6.07) is 9.44. The highest BCUT2D eigenvalue weighted by molar-refractivity contribution is 7.53. The summed E-state index contributed by atoms with van der Waals surface area (Å²) in [6.45, 7) is 2.55. The predicted octanol–water partition coefficient (Wildman–Crippen LogP) is 3.90. The summed E-state index contributed by atoms with van der Waals surface area (Å²) < 4.78 is 52.7. The Morgan fingerprint density at radius 1 is 1.27 bits per heavy atom. The molecule has 0 radical (unpaired) electrons. The van der Waals surface area contributed by atoms with E-state index in [4.69, 9.17) is 18.5 Å². The van der Waals surface area contributed by atoms with Gasteiger partial charge in [-0.05, 0) is 37.5 Å². The van der Waals surface area contributed by atoms with Crippen LogP contribution >= 0.6 is 7.60 Å². The van der Waals surface area contributed by atoms with Crippen LogP contribution in [0.4, 0.5) is 4.39 Å². The standard InChI is InChI=1S/C27H33FN3O8P/c1-19-15-27(28,38-24(19)31-14-13-23(32)30-26(31)34)17-37-40(35,39-22-11-7-4-8-12-22)18-29-20(2)25(33)36-16-21-9-5-3-6-10-21/h3,5-7,9-14,19-20,24,29H,4,8,15-18H2,1-2H3,(H,30,32,34). The van der Waals surface area contributed by atoms with Gasteiger partial charge in [-0.25, -0.2) is 13.8 Å². The molecule has 1 saturated heterocycles. The van der Waals surface area contributed by atoms with E-state index in [1.165, 1.54) is 6.20 Å². The Bertz CT molecular complexity index is 1410. The van der Waals surface area contributed by atoms with Gasteiger partial charge in [0.1, 0.15) is 37.5 Å². The van der Waals surface area contributed by atoms with Crippen LogP contribution in [-0.4, -0.2) is 40.3 Å². The van der Waals surface area contributed by atoms with Crippen LogP contribution in [0, 0.1) is 5.92 Å². The summed E-state index contributed by atoms with van der Waals surface area (Å²) in [7, 11) is -4.06. The number of esters is 1. The lowest BCUT2D eigenvalue weighted by Crippen LogP contribution is -2.37. The minimum absolute atomic E-state index is 0.0769. The Kier molecular flexibility index (Phi) is 9.57. The fourth-order valence-corrected chi connectivity index (χ4v) is 5.87. The Hall–Kier alpha value is -3.31. The van der Waals surface area contributed by atoms with Crippen molar-refractivity contribution in [2.24, 2.45) is 5.92 Å². The lowest BCUT2D eigenvalue weighted by molar-refractivity contribution is -0.175.